The lowest BCUT2D eigenvalue weighted by molar-refractivity contribution is 0.340. The third-order valence-electron chi connectivity index (χ3n) is 3.77. The van der Waals surface area contributed by atoms with Crippen molar-refractivity contribution in [3.05, 3.63) is 28.8 Å². The summed E-state index contributed by atoms with van der Waals surface area (Å²) in [6, 6.07) is 6.13. The Balaban J connectivity index is 2.15. The number of halogens is 1. The van der Waals surface area contributed by atoms with Crippen LogP contribution in [0.1, 0.15) is 31.2 Å². The van der Waals surface area contributed by atoms with Crippen molar-refractivity contribution in [1.82, 2.24) is 0 Å². The van der Waals surface area contributed by atoms with E-state index in [9.17, 15) is 0 Å². The van der Waals surface area contributed by atoms with Gasteiger partial charge in [0.05, 0.1) is 11.6 Å². The lowest BCUT2D eigenvalue weighted by Crippen LogP contribution is -2.25. The van der Waals surface area contributed by atoms with Crippen LogP contribution in [-0.2, 0) is 0 Å². The third-order valence-corrected chi connectivity index (χ3v) is 5.12. The first kappa shape index (κ1) is 15.0. The summed E-state index contributed by atoms with van der Waals surface area (Å²) in [5.74, 6) is 4.40. The molecule has 106 valence electrons. The number of benzene rings is 1. The van der Waals surface area contributed by atoms with Crippen molar-refractivity contribution in [1.29, 1.82) is 0 Å². The zero-order valence-corrected chi connectivity index (χ0v) is 13.0. The smallest absolute Gasteiger partial charge is 0.137 e. The van der Waals surface area contributed by atoms with Gasteiger partial charge in [-0.25, -0.2) is 0 Å². The van der Waals surface area contributed by atoms with Gasteiger partial charge in [-0.05, 0) is 67.3 Å². The Labute approximate surface area is 125 Å². The van der Waals surface area contributed by atoms with Gasteiger partial charge in [-0.15, -0.1) is 0 Å². The molecule has 0 saturated carbocycles. The highest BCUT2D eigenvalue weighted by Gasteiger charge is 2.24. The first-order valence-corrected chi connectivity index (χ1v) is 8.49. The second-order valence-corrected chi connectivity index (χ2v) is 6.55. The average Bonchev–Trinajstić information content (AvgIpc) is 2.44. The van der Waals surface area contributed by atoms with Crippen molar-refractivity contribution in [3.63, 3.8) is 0 Å². The molecule has 1 aromatic rings. The molecule has 1 fully saturated rings. The molecule has 0 aromatic heterocycles. The summed E-state index contributed by atoms with van der Waals surface area (Å²) in [6.45, 7) is 3.30. The Morgan fingerprint density at radius 2 is 2.16 bits per heavy atom. The minimum atomic E-state index is 0.425. The summed E-state index contributed by atoms with van der Waals surface area (Å²) in [6.07, 6.45) is 2.52. The van der Waals surface area contributed by atoms with Crippen LogP contribution < -0.4 is 10.5 Å². The molecular weight excluding hydrogens is 278 g/mol. The maximum atomic E-state index is 6.28. The molecule has 0 bridgehead atoms. The number of nitrogens with two attached hydrogens (primary N) is 1. The number of hydrogen-bond acceptors (Lipinski definition) is 3. The van der Waals surface area contributed by atoms with E-state index in [1.807, 2.05) is 30.8 Å². The normalized spacial score (nSPS) is 18.3. The highest BCUT2D eigenvalue weighted by molar-refractivity contribution is 7.99. The summed E-state index contributed by atoms with van der Waals surface area (Å²) in [5.41, 5.74) is 7.26. The molecule has 1 atom stereocenters. The van der Waals surface area contributed by atoms with Crippen molar-refractivity contribution < 1.29 is 4.74 Å². The predicted molar refractivity (Wildman–Crippen MR) is 84.5 cm³/mol. The Morgan fingerprint density at radius 1 is 1.42 bits per heavy atom. The first-order chi connectivity index (χ1) is 9.26. The van der Waals surface area contributed by atoms with E-state index in [1.165, 1.54) is 29.9 Å². The molecule has 0 aliphatic carbocycles. The van der Waals surface area contributed by atoms with Crippen LogP contribution in [0.4, 0.5) is 0 Å². The van der Waals surface area contributed by atoms with Gasteiger partial charge in [-0.1, -0.05) is 17.7 Å². The molecule has 2 rings (SSSR count). The lowest BCUT2D eigenvalue weighted by Gasteiger charge is -2.29. The van der Waals surface area contributed by atoms with Gasteiger partial charge >= 0.3 is 0 Å². The van der Waals surface area contributed by atoms with E-state index < -0.39 is 0 Å². The zero-order chi connectivity index (χ0) is 13.7. The minimum Gasteiger partial charge on any atom is -0.492 e. The Hall–Kier alpha value is -0.380. The molecule has 1 aromatic carbocycles. The maximum Gasteiger partial charge on any atom is 0.137 e. The van der Waals surface area contributed by atoms with E-state index in [1.54, 1.807) is 0 Å². The topological polar surface area (TPSA) is 35.2 Å². The van der Waals surface area contributed by atoms with Crippen molar-refractivity contribution in [2.24, 2.45) is 11.7 Å². The zero-order valence-electron chi connectivity index (χ0n) is 11.4. The van der Waals surface area contributed by atoms with Crippen LogP contribution in [0.25, 0.3) is 0 Å². The van der Waals surface area contributed by atoms with E-state index >= 15 is 0 Å². The van der Waals surface area contributed by atoms with E-state index in [4.69, 9.17) is 22.1 Å². The summed E-state index contributed by atoms with van der Waals surface area (Å²) in [4.78, 5) is 0. The Bertz CT molecular complexity index is 407. The highest BCUT2D eigenvalue weighted by Crippen LogP contribution is 2.37. The predicted octanol–water partition coefficient (Wildman–Crippen LogP) is 3.92. The fourth-order valence-corrected chi connectivity index (χ4v) is 4.13. The fraction of sp³-hybridized carbons (Fsp3) is 0.600. The quantitative estimate of drug-likeness (QED) is 0.895. The standard InChI is InChI=1S/C15H22ClNOS/c1-2-18-15-4-3-12(9-14(15)16)13(10-17)11-5-7-19-8-6-11/h3-4,9,11,13H,2,5-8,10,17H2,1H3. The molecule has 1 unspecified atom stereocenters. The molecule has 2 N–H and O–H groups in total. The van der Waals surface area contributed by atoms with Crippen LogP contribution in [0.15, 0.2) is 18.2 Å². The summed E-state index contributed by atoms with van der Waals surface area (Å²) < 4.78 is 5.48. The summed E-state index contributed by atoms with van der Waals surface area (Å²) >= 11 is 8.33. The second-order valence-electron chi connectivity index (χ2n) is 4.91. The molecule has 2 nitrogen and oxygen atoms in total. The van der Waals surface area contributed by atoms with Gasteiger partial charge < -0.3 is 10.5 Å². The lowest BCUT2D eigenvalue weighted by atomic mass is 9.82. The largest absolute Gasteiger partial charge is 0.492 e. The molecule has 1 heterocycles. The van der Waals surface area contributed by atoms with Gasteiger partial charge in [-0.2, -0.15) is 11.8 Å². The maximum absolute atomic E-state index is 6.28. The van der Waals surface area contributed by atoms with E-state index in [-0.39, 0.29) is 0 Å². The Morgan fingerprint density at radius 3 is 2.74 bits per heavy atom. The van der Waals surface area contributed by atoms with Gasteiger partial charge in [0.15, 0.2) is 0 Å². The average molecular weight is 300 g/mol. The van der Waals surface area contributed by atoms with Crippen molar-refractivity contribution in [2.75, 3.05) is 24.7 Å². The van der Waals surface area contributed by atoms with Crippen LogP contribution in [0.2, 0.25) is 5.02 Å². The number of thioether (sulfide) groups is 1. The number of ether oxygens (including phenoxy) is 1. The van der Waals surface area contributed by atoms with E-state index in [0.717, 1.165) is 5.75 Å². The van der Waals surface area contributed by atoms with E-state index in [0.29, 0.717) is 30.0 Å². The van der Waals surface area contributed by atoms with Crippen LogP contribution in [0.3, 0.4) is 0 Å². The van der Waals surface area contributed by atoms with Crippen molar-refractivity contribution in [2.45, 2.75) is 25.7 Å². The molecule has 0 amide bonds. The van der Waals surface area contributed by atoms with Crippen LogP contribution >= 0.6 is 23.4 Å². The second kappa shape index (κ2) is 7.41. The minimum absolute atomic E-state index is 0.425. The highest BCUT2D eigenvalue weighted by atomic mass is 35.5. The number of rotatable bonds is 5. The molecular formula is C15H22ClNOS. The van der Waals surface area contributed by atoms with Crippen LogP contribution in [-0.4, -0.2) is 24.7 Å². The fourth-order valence-electron chi connectivity index (χ4n) is 2.74. The number of hydrogen-bond donors (Lipinski definition) is 1. The third kappa shape index (κ3) is 3.80. The molecule has 4 heteroatoms. The summed E-state index contributed by atoms with van der Waals surface area (Å²) in [7, 11) is 0. The SMILES string of the molecule is CCOc1ccc(C(CN)C2CCSCC2)cc1Cl. The molecule has 0 radical (unpaired) electrons. The van der Waals surface area contributed by atoms with Gasteiger partial charge in [-0.3, -0.25) is 0 Å². The molecule has 19 heavy (non-hydrogen) atoms. The van der Waals surface area contributed by atoms with Gasteiger partial charge in [0.2, 0.25) is 0 Å². The molecule has 1 aliphatic rings. The molecule has 0 spiro atoms. The molecule has 1 saturated heterocycles. The Kier molecular flexibility index (Phi) is 5.86. The van der Waals surface area contributed by atoms with Gasteiger partial charge in [0.1, 0.15) is 5.75 Å². The molecule has 1 aliphatic heterocycles. The van der Waals surface area contributed by atoms with E-state index in [2.05, 4.69) is 6.07 Å². The first-order valence-electron chi connectivity index (χ1n) is 6.96. The van der Waals surface area contributed by atoms with Crippen LogP contribution in [0, 0.1) is 5.92 Å². The van der Waals surface area contributed by atoms with Gasteiger partial charge in [0.25, 0.3) is 0 Å². The van der Waals surface area contributed by atoms with Crippen LogP contribution in [0.5, 0.6) is 5.75 Å². The summed E-state index contributed by atoms with van der Waals surface area (Å²) in [5, 5.41) is 0.697. The van der Waals surface area contributed by atoms with Crippen molar-refractivity contribution in [3.8, 4) is 5.75 Å². The van der Waals surface area contributed by atoms with Crippen molar-refractivity contribution >= 4 is 23.4 Å². The monoisotopic (exact) mass is 299 g/mol. The van der Waals surface area contributed by atoms with Gasteiger partial charge in [0, 0.05) is 0 Å².